The number of allylic oxidation sites excluding steroid dienone is 13. The van der Waals surface area contributed by atoms with Gasteiger partial charge >= 0.3 is 5.97 Å². The zero-order valence-corrected chi connectivity index (χ0v) is 54.0. The number of esters is 1. The van der Waals surface area contributed by atoms with Gasteiger partial charge in [-0.15, -0.1) is 0 Å². The van der Waals surface area contributed by atoms with Crippen LogP contribution >= 0.6 is 0 Å². The molecule has 1 fully saturated rings. The van der Waals surface area contributed by atoms with Crippen molar-refractivity contribution >= 4 is 11.9 Å². The Hall–Kier alpha value is -3.16. The van der Waals surface area contributed by atoms with Crippen LogP contribution in [0.3, 0.4) is 0 Å². The number of hydrogen-bond acceptors (Lipinski definition) is 10. The van der Waals surface area contributed by atoms with Gasteiger partial charge in [0.25, 0.3) is 0 Å². The smallest absolute Gasteiger partial charge is 0.306 e. The van der Waals surface area contributed by atoms with Crippen LogP contribution in [-0.4, -0.2) is 99.6 Å². The third-order valence-corrected chi connectivity index (χ3v) is 16.0. The van der Waals surface area contributed by atoms with Gasteiger partial charge in [0.05, 0.1) is 25.4 Å². The summed E-state index contributed by atoms with van der Waals surface area (Å²) in [6, 6.07) is -1.03. The molecule has 6 N–H and O–H groups in total. The Morgan fingerprint density at radius 2 is 0.821 bits per heavy atom. The van der Waals surface area contributed by atoms with E-state index in [2.05, 4.69) is 99.0 Å². The Morgan fingerprint density at radius 3 is 1.25 bits per heavy atom. The van der Waals surface area contributed by atoms with E-state index in [1.54, 1.807) is 6.08 Å². The van der Waals surface area contributed by atoms with E-state index in [4.69, 9.17) is 14.2 Å². The molecule has 0 aliphatic carbocycles. The number of aliphatic hydroxyl groups excluding tert-OH is 5. The molecule has 0 bridgehead atoms. The molecule has 8 unspecified atom stereocenters. The molecular formula is C73H129NO10. The molecule has 1 aliphatic heterocycles. The van der Waals surface area contributed by atoms with E-state index in [0.29, 0.717) is 12.8 Å². The lowest BCUT2D eigenvalue weighted by molar-refractivity contribution is -0.305. The van der Waals surface area contributed by atoms with E-state index in [9.17, 15) is 35.1 Å². The van der Waals surface area contributed by atoms with Crippen molar-refractivity contribution in [3.05, 3.63) is 85.1 Å². The second kappa shape index (κ2) is 60.1. The van der Waals surface area contributed by atoms with Gasteiger partial charge in [0.2, 0.25) is 5.91 Å². The molecule has 0 aromatic rings. The van der Waals surface area contributed by atoms with Gasteiger partial charge < -0.3 is 45.1 Å². The lowest BCUT2D eigenvalue weighted by atomic mass is 9.99. The van der Waals surface area contributed by atoms with E-state index in [-0.39, 0.29) is 19.4 Å². The Balaban J connectivity index is 2.59. The minimum atomic E-state index is -1.63. The highest BCUT2D eigenvalue weighted by molar-refractivity contribution is 5.80. The van der Waals surface area contributed by atoms with Gasteiger partial charge in [-0.1, -0.05) is 279 Å². The molecular weight excluding hydrogens is 1050 g/mol. The first-order valence-electron chi connectivity index (χ1n) is 34.9. The van der Waals surface area contributed by atoms with Crippen LogP contribution in [0.2, 0.25) is 0 Å². The molecule has 0 spiro atoms. The summed E-state index contributed by atoms with van der Waals surface area (Å²) < 4.78 is 17.6. The highest BCUT2D eigenvalue weighted by Crippen LogP contribution is 2.26. The first kappa shape index (κ1) is 78.9. The molecule has 0 aromatic heterocycles. The molecule has 8 atom stereocenters. The molecule has 0 radical (unpaired) electrons. The molecule has 11 heteroatoms. The van der Waals surface area contributed by atoms with E-state index >= 15 is 0 Å². The van der Waals surface area contributed by atoms with Crippen molar-refractivity contribution < 1.29 is 49.3 Å². The fourth-order valence-electron chi connectivity index (χ4n) is 10.5. The fourth-order valence-corrected chi connectivity index (χ4v) is 10.5. The van der Waals surface area contributed by atoms with Crippen molar-refractivity contribution in [1.82, 2.24) is 5.32 Å². The third kappa shape index (κ3) is 47.0. The summed E-state index contributed by atoms with van der Waals surface area (Å²) in [5, 5.41) is 57.2. The van der Waals surface area contributed by atoms with Crippen LogP contribution in [0.1, 0.15) is 303 Å². The summed E-state index contributed by atoms with van der Waals surface area (Å²) in [7, 11) is 0. The van der Waals surface area contributed by atoms with Crippen LogP contribution < -0.4 is 5.32 Å². The number of carbonyl (C=O) groups is 2. The number of amides is 1. The maximum absolute atomic E-state index is 13.5. The molecule has 1 heterocycles. The zero-order valence-electron chi connectivity index (χ0n) is 54.0. The van der Waals surface area contributed by atoms with E-state index in [1.165, 1.54) is 161 Å². The van der Waals surface area contributed by atoms with Crippen LogP contribution in [0.15, 0.2) is 85.1 Å². The summed E-state index contributed by atoms with van der Waals surface area (Å²) in [5.41, 5.74) is 0. The Morgan fingerprint density at radius 1 is 0.464 bits per heavy atom. The molecule has 1 aliphatic rings. The van der Waals surface area contributed by atoms with Gasteiger partial charge in [0, 0.05) is 6.42 Å². The third-order valence-electron chi connectivity index (χ3n) is 16.0. The normalized spacial score (nSPS) is 19.0. The molecule has 0 saturated carbocycles. The molecule has 1 rings (SSSR count). The average Bonchev–Trinajstić information content (AvgIpc) is 3.67. The molecule has 0 aromatic carbocycles. The Kier molecular flexibility index (Phi) is 56.5. The number of aliphatic hydroxyl groups is 5. The van der Waals surface area contributed by atoms with Crippen molar-refractivity contribution in [2.45, 2.75) is 352 Å². The van der Waals surface area contributed by atoms with Gasteiger partial charge in [0.15, 0.2) is 12.4 Å². The maximum atomic E-state index is 13.5. The maximum Gasteiger partial charge on any atom is 0.306 e. The minimum Gasteiger partial charge on any atom is -0.454 e. The second-order valence-corrected chi connectivity index (χ2v) is 23.9. The highest BCUT2D eigenvalue weighted by atomic mass is 16.7. The summed E-state index contributed by atoms with van der Waals surface area (Å²) in [6.45, 7) is 5.74. The quantitative estimate of drug-likeness (QED) is 0.0195. The standard InChI is InChI=1S/C73H129NO10/c1-4-7-10-13-16-19-22-25-27-29-30-31-32-33-34-35-36-37-39-40-42-45-48-51-54-57-60-66(77)72(81)74-64(65(76)59-56-53-50-47-44-24-21-18-15-12-9-6-3)63-82-73-71(70(80)69(79)67(62-75)83-73)84-68(78)61-58-55-52-49-46-43-41-38-28-26-23-20-17-14-11-8-5-2/h16-17,19-20,25-28,30-31,41,43,56,59,64-67,69-71,73,75-77,79-80H,4-15,18,21-24,29,32-40,42,44-55,57-58,60-63H2,1-3H3,(H,74,81)/b19-16-,20-17-,27-25-,28-26-,31-30-,43-41-,59-56+. The Bertz CT molecular complexity index is 1690. The number of nitrogens with one attached hydrogen (secondary N) is 1. The van der Waals surface area contributed by atoms with Crippen LogP contribution in [0.5, 0.6) is 0 Å². The topological polar surface area (TPSA) is 175 Å². The minimum absolute atomic E-state index is 0.0959. The zero-order chi connectivity index (χ0) is 61.0. The molecule has 84 heavy (non-hydrogen) atoms. The van der Waals surface area contributed by atoms with Gasteiger partial charge in [-0.25, -0.2) is 0 Å². The summed E-state index contributed by atoms with van der Waals surface area (Å²) in [6.07, 6.45) is 69.1. The van der Waals surface area contributed by atoms with Crippen LogP contribution in [0.4, 0.5) is 0 Å². The van der Waals surface area contributed by atoms with Gasteiger partial charge in [-0.05, 0) is 103 Å². The van der Waals surface area contributed by atoms with Crippen LogP contribution in [0.25, 0.3) is 0 Å². The first-order valence-corrected chi connectivity index (χ1v) is 34.9. The number of carbonyl (C=O) groups excluding carboxylic acids is 2. The average molecular weight is 1180 g/mol. The van der Waals surface area contributed by atoms with E-state index < -0.39 is 67.4 Å². The van der Waals surface area contributed by atoms with Crippen molar-refractivity contribution in [2.24, 2.45) is 0 Å². The predicted molar refractivity (Wildman–Crippen MR) is 352 cm³/mol. The second-order valence-electron chi connectivity index (χ2n) is 23.9. The van der Waals surface area contributed by atoms with Crippen LogP contribution in [-0.2, 0) is 23.8 Å². The van der Waals surface area contributed by atoms with Crippen molar-refractivity contribution in [1.29, 1.82) is 0 Å². The van der Waals surface area contributed by atoms with Gasteiger partial charge in [0.1, 0.15) is 24.4 Å². The number of ether oxygens (including phenoxy) is 3. The fraction of sp³-hybridized carbons (Fsp3) is 0.781. The van der Waals surface area contributed by atoms with E-state index in [0.717, 1.165) is 96.3 Å². The van der Waals surface area contributed by atoms with Crippen molar-refractivity contribution in [3.63, 3.8) is 0 Å². The molecule has 1 saturated heterocycles. The SMILES string of the molecule is CCCCC/C=C\C/C=C\C/C=C\CCCCCCCCCCCCCCCC(O)C(=O)NC(COC1OC(CO)C(O)C(O)C1OC(=O)CCCCCC/C=C\C/C=C\C/C=C\CCCCC)C(O)/C=C/CCCCCCCCCCCC. The first-order chi connectivity index (χ1) is 41.2. The number of unbranched alkanes of at least 4 members (excludes halogenated alkanes) is 33. The summed E-state index contributed by atoms with van der Waals surface area (Å²) in [5.74, 6) is -1.21. The van der Waals surface area contributed by atoms with Crippen molar-refractivity contribution in [3.8, 4) is 0 Å². The molecule has 11 nitrogen and oxygen atoms in total. The number of hydrogen-bond donors (Lipinski definition) is 6. The largest absolute Gasteiger partial charge is 0.454 e. The van der Waals surface area contributed by atoms with Crippen molar-refractivity contribution in [2.75, 3.05) is 13.2 Å². The highest BCUT2D eigenvalue weighted by Gasteiger charge is 2.47. The summed E-state index contributed by atoms with van der Waals surface area (Å²) >= 11 is 0. The van der Waals surface area contributed by atoms with Gasteiger partial charge in [-0.2, -0.15) is 0 Å². The van der Waals surface area contributed by atoms with E-state index in [1.807, 2.05) is 6.08 Å². The Labute approximate surface area is 514 Å². The lowest BCUT2D eigenvalue weighted by Gasteiger charge is -2.41. The predicted octanol–water partition coefficient (Wildman–Crippen LogP) is 17.7. The lowest BCUT2D eigenvalue weighted by Crippen LogP contribution is -2.61. The molecule has 486 valence electrons. The number of rotatable bonds is 59. The van der Waals surface area contributed by atoms with Gasteiger partial charge in [-0.3, -0.25) is 9.59 Å². The molecule has 1 amide bonds. The summed E-state index contributed by atoms with van der Waals surface area (Å²) in [4.78, 5) is 26.6. The van der Waals surface area contributed by atoms with Crippen LogP contribution in [0, 0.1) is 0 Å². The monoisotopic (exact) mass is 1180 g/mol.